The first kappa shape index (κ1) is 11.8. The maximum Gasteiger partial charge on any atom is 0.155 e. The molecule has 0 aromatic heterocycles. The molecule has 1 nitrogen and oxygen atoms in total. The van der Waals surface area contributed by atoms with Crippen LogP contribution in [0.25, 0.3) is 0 Å². The summed E-state index contributed by atoms with van der Waals surface area (Å²) in [7, 11) is 0. The van der Waals surface area contributed by atoms with Gasteiger partial charge in [0.1, 0.15) is 5.76 Å². The molecule has 0 bridgehead atoms. The van der Waals surface area contributed by atoms with Crippen LogP contribution in [0.1, 0.15) is 59.8 Å². The van der Waals surface area contributed by atoms with Crippen molar-refractivity contribution in [2.75, 3.05) is 0 Å². The highest BCUT2D eigenvalue weighted by atomic mass is 16.6. The lowest BCUT2D eigenvalue weighted by Crippen LogP contribution is -2.15. The Kier molecular flexibility index (Phi) is 3.14. The van der Waals surface area contributed by atoms with Gasteiger partial charge in [-0.15, -0.1) is 0 Å². The van der Waals surface area contributed by atoms with Gasteiger partial charge in [0.2, 0.25) is 0 Å². The van der Waals surface area contributed by atoms with E-state index in [0.29, 0.717) is 6.10 Å². The Hall–Kier alpha value is -0.720. The van der Waals surface area contributed by atoms with Gasteiger partial charge in [-0.25, -0.2) is 0 Å². The third-order valence-electron chi connectivity index (χ3n) is 4.42. The number of allylic oxidation sites excluding steroid dienone is 3. The van der Waals surface area contributed by atoms with Crippen molar-refractivity contribution >= 4 is 0 Å². The lowest BCUT2D eigenvalue weighted by molar-refractivity contribution is 0.396. The van der Waals surface area contributed by atoms with Gasteiger partial charge in [0.25, 0.3) is 0 Å². The van der Waals surface area contributed by atoms with E-state index in [4.69, 9.17) is 4.74 Å². The molecular weight excluding hydrogens is 196 g/mol. The minimum absolute atomic E-state index is 0.175. The highest BCUT2D eigenvalue weighted by Gasteiger charge is 2.39. The Bertz CT molecular complexity index is 333. The lowest BCUT2D eigenvalue weighted by atomic mass is 9.77. The first-order valence-corrected chi connectivity index (χ1v) is 6.58. The molecule has 1 fully saturated rings. The summed E-state index contributed by atoms with van der Waals surface area (Å²) in [6.07, 6.45) is 9.32. The highest BCUT2D eigenvalue weighted by Crippen LogP contribution is 2.44. The maximum absolute atomic E-state index is 5.74. The fourth-order valence-corrected chi connectivity index (χ4v) is 2.47. The van der Waals surface area contributed by atoms with Crippen LogP contribution in [0.3, 0.4) is 0 Å². The standard InChI is InChI=1S/C15H24O/c1-11-9-7-5-6-8-10-13-14(16-13)12(2)15(11,3)4/h9,13H,5-8,10H2,1-4H3/b11-9-,14-12+. The molecule has 0 aromatic rings. The number of hydrogen-bond acceptors (Lipinski definition) is 1. The van der Waals surface area contributed by atoms with Gasteiger partial charge in [0, 0.05) is 5.41 Å². The van der Waals surface area contributed by atoms with Crippen LogP contribution in [-0.4, -0.2) is 6.10 Å². The van der Waals surface area contributed by atoms with Crippen LogP contribution in [0, 0.1) is 5.41 Å². The SMILES string of the molecule is C/C1=C/CCCCCC2O/C2=C(\C)C1(C)C. The average Bonchev–Trinajstić information content (AvgIpc) is 2.99. The molecule has 1 unspecified atom stereocenters. The number of ether oxygens (including phenoxy) is 1. The van der Waals surface area contributed by atoms with Crippen LogP contribution >= 0.6 is 0 Å². The van der Waals surface area contributed by atoms with Crippen molar-refractivity contribution in [3.63, 3.8) is 0 Å². The van der Waals surface area contributed by atoms with E-state index in [1.807, 2.05) is 0 Å². The average molecular weight is 220 g/mol. The Morgan fingerprint density at radius 1 is 1.19 bits per heavy atom. The van der Waals surface area contributed by atoms with Gasteiger partial charge in [-0.05, 0) is 45.1 Å². The van der Waals surface area contributed by atoms with Crippen molar-refractivity contribution in [2.45, 2.75) is 65.9 Å². The zero-order valence-electron chi connectivity index (χ0n) is 11.1. The van der Waals surface area contributed by atoms with Crippen molar-refractivity contribution in [1.29, 1.82) is 0 Å². The molecule has 2 rings (SSSR count). The first-order valence-electron chi connectivity index (χ1n) is 6.58. The van der Waals surface area contributed by atoms with E-state index in [2.05, 4.69) is 33.8 Å². The van der Waals surface area contributed by atoms with E-state index in [1.54, 1.807) is 0 Å². The van der Waals surface area contributed by atoms with E-state index in [1.165, 1.54) is 49.0 Å². The normalized spacial score (nSPS) is 37.5. The zero-order valence-corrected chi connectivity index (χ0v) is 11.1. The lowest BCUT2D eigenvalue weighted by Gasteiger charge is -2.26. The molecule has 2 aliphatic rings. The summed E-state index contributed by atoms with van der Waals surface area (Å²) < 4.78 is 5.74. The van der Waals surface area contributed by atoms with Crippen LogP contribution in [0.2, 0.25) is 0 Å². The summed E-state index contributed by atoms with van der Waals surface area (Å²) in [5, 5.41) is 0. The molecule has 1 atom stereocenters. The smallest absolute Gasteiger partial charge is 0.155 e. The molecule has 0 saturated carbocycles. The van der Waals surface area contributed by atoms with Crippen LogP contribution in [0.5, 0.6) is 0 Å². The molecule has 0 aromatic carbocycles. The van der Waals surface area contributed by atoms with Gasteiger partial charge in [-0.2, -0.15) is 0 Å². The minimum atomic E-state index is 0.175. The number of fused-ring (bicyclic) bond motifs is 1. The van der Waals surface area contributed by atoms with E-state index < -0.39 is 0 Å². The topological polar surface area (TPSA) is 12.5 Å². The quantitative estimate of drug-likeness (QED) is 0.429. The van der Waals surface area contributed by atoms with E-state index in [-0.39, 0.29) is 5.41 Å². The highest BCUT2D eigenvalue weighted by molar-refractivity contribution is 5.32. The van der Waals surface area contributed by atoms with Crippen LogP contribution in [-0.2, 0) is 4.74 Å². The predicted molar refractivity (Wildman–Crippen MR) is 68.2 cm³/mol. The van der Waals surface area contributed by atoms with Crippen LogP contribution in [0.4, 0.5) is 0 Å². The number of epoxide rings is 1. The Morgan fingerprint density at radius 3 is 2.69 bits per heavy atom. The second-order valence-electron chi connectivity index (χ2n) is 5.75. The zero-order chi connectivity index (χ0) is 11.8. The molecule has 1 aliphatic carbocycles. The molecule has 0 radical (unpaired) electrons. The second kappa shape index (κ2) is 4.27. The predicted octanol–water partition coefficient (Wildman–Crippen LogP) is 4.60. The van der Waals surface area contributed by atoms with Gasteiger partial charge < -0.3 is 4.74 Å². The Balaban J connectivity index is 2.26. The molecule has 1 aliphatic heterocycles. The Morgan fingerprint density at radius 2 is 1.94 bits per heavy atom. The molecule has 1 heterocycles. The fourth-order valence-electron chi connectivity index (χ4n) is 2.47. The Labute approximate surface area is 99.6 Å². The fraction of sp³-hybridized carbons (Fsp3) is 0.733. The van der Waals surface area contributed by atoms with Crippen molar-refractivity contribution in [3.8, 4) is 0 Å². The monoisotopic (exact) mass is 220 g/mol. The molecule has 90 valence electrons. The number of hydrogen-bond donors (Lipinski definition) is 0. The summed E-state index contributed by atoms with van der Waals surface area (Å²) >= 11 is 0. The van der Waals surface area contributed by atoms with E-state index in [9.17, 15) is 0 Å². The largest absolute Gasteiger partial charge is 0.483 e. The number of rotatable bonds is 0. The van der Waals surface area contributed by atoms with Crippen molar-refractivity contribution in [1.82, 2.24) is 0 Å². The van der Waals surface area contributed by atoms with Crippen molar-refractivity contribution in [3.05, 3.63) is 23.0 Å². The van der Waals surface area contributed by atoms with Crippen LogP contribution in [0.15, 0.2) is 23.0 Å². The van der Waals surface area contributed by atoms with E-state index in [0.717, 1.165) is 0 Å². The first-order chi connectivity index (χ1) is 7.53. The molecule has 0 amide bonds. The second-order valence-corrected chi connectivity index (χ2v) is 5.75. The molecule has 0 N–H and O–H groups in total. The van der Waals surface area contributed by atoms with Gasteiger partial charge in [-0.1, -0.05) is 31.9 Å². The minimum Gasteiger partial charge on any atom is -0.483 e. The van der Waals surface area contributed by atoms with Gasteiger partial charge in [0.15, 0.2) is 6.10 Å². The summed E-state index contributed by atoms with van der Waals surface area (Å²) in [6, 6.07) is 0. The van der Waals surface area contributed by atoms with Crippen molar-refractivity contribution in [2.24, 2.45) is 5.41 Å². The maximum atomic E-state index is 5.74. The van der Waals surface area contributed by atoms with Gasteiger partial charge in [-0.3, -0.25) is 0 Å². The molecule has 0 spiro atoms. The van der Waals surface area contributed by atoms with Crippen LogP contribution < -0.4 is 0 Å². The van der Waals surface area contributed by atoms with Crippen molar-refractivity contribution < 1.29 is 4.74 Å². The molecule has 1 heteroatoms. The summed E-state index contributed by atoms with van der Waals surface area (Å²) in [5.41, 5.74) is 3.11. The molecule has 1 saturated heterocycles. The molecule has 16 heavy (non-hydrogen) atoms. The summed E-state index contributed by atoms with van der Waals surface area (Å²) in [4.78, 5) is 0. The third kappa shape index (κ3) is 2.18. The van der Waals surface area contributed by atoms with Gasteiger partial charge in [0.05, 0.1) is 0 Å². The van der Waals surface area contributed by atoms with E-state index >= 15 is 0 Å². The third-order valence-corrected chi connectivity index (χ3v) is 4.42. The summed E-state index contributed by atoms with van der Waals surface area (Å²) in [6.45, 7) is 9.14. The summed E-state index contributed by atoms with van der Waals surface area (Å²) in [5.74, 6) is 1.28. The molecular formula is C15H24O. The van der Waals surface area contributed by atoms with Gasteiger partial charge >= 0.3 is 0 Å².